The van der Waals surface area contributed by atoms with Crippen molar-refractivity contribution in [2.75, 3.05) is 24.6 Å². The summed E-state index contributed by atoms with van der Waals surface area (Å²) in [4.78, 5) is 32.0. The molecule has 1 aromatic rings. The third-order valence-corrected chi connectivity index (χ3v) is 4.16. The van der Waals surface area contributed by atoms with Crippen molar-refractivity contribution in [2.24, 2.45) is 5.92 Å². The predicted octanol–water partition coefficient (Wildman–Crippen LogP) is 1.15. The van der Waals surface area contributed by atoms with Gasteiger partial charge < -0.3 is 14.6 Å². The van der Waals surface area contributed by atoms with Crippen LogP contribution in [0.25, 0.3) is 0 Å². The number of anilines is 1. The number of piperidine rings is 1. The standard InChI is InChI=1S/C12H16IN3O3/c1-2-19-12(18)8-3-5-16(6-4-8)10-9(13)11(17)15-7-14-10/h7-8H,2-6H2,1H3,(H,14,15,17). The summed E-state index contributed by atoms with van der Waals surface area (Å²) in [5.74, 6) is 0.554. The number of aromatic amines is 1. The van der Waals surface area contributed by atoms with Crippen molar-refractivity contribution >= 4 is 34.4 Å². The van der Waals surface area contributed by atoms with Crippen molar-refractivity contribution in [3.05, 3.63) is 20.3 Å². The van der Waals surface area contributed by atoms with Crippen molar-refractivity contribution in [1.29, 1.82) is 0 Å². The van der Waals surface area contributed by atoms with Crippen LogP contribution in [-0.4, -0.2) is 35.6 Å². The van der Waals surface area contributed by atoms with Gasteiger partial charge in [0, 0.05) is 13.1 Å². The Morgan fingerprint density at radius 2 is 2.26 bits per heavy atom. The minimum atomic E-state index is -0.127. The molecule has 0 unspecified atom stereocenters. The van der Waals surface area contributed by atoms with Crippen LogP contribution in [0.1, 0.15) is 19.8 Å². The third kappa shape index (κ3) is 3.26. The van der Waals surface area contributed by atoms with Crippen LogP contribution in [0, 0.1) is 9.49 Å². The Kier molecular flexibility index (Phi) is 4.78. The highest BCUT2D eigenvalue weighted by molar-refractivity contribution is 14.1. The van der Waals surface area contributed by atoms with Crippen molar-refractivity contribution < 1.29 is 9.53 Å². The van der Waals surface area contributed by atoms with Gasteiger partial charge in [-0.05, 0) is 42.4 Å². The molecule has 7 heteroatoms. The number of hydrogen-bond donors (Lipinski definition) is 1. The molecule has 2 heterocycles. The Morgan fingerprint density at radius 3 is 2.89 bits per heavy atom. The predicted molar refractivity (Wildman–Crippen MR) is 79.1 cm³/mol. The van der Waals surface area contributed by atoms with Crippen LogP contribution in [0.5, 0.6) is 0 Å². The summed E-state index contributed by atoms with van der Waals surface area (Å²) in [6, 6.07) is 0. The number of esters is 1. The molecule has 1 fully saturated rings. The van der Waals surface area contributed by atoms with Crippen LogP contribution in [0.3, 0.4) is 0 Å². The first-order valence-corrected chi connectivity index (χ1v) is 7.36. The van der Waals surface area contributed by atoms with Gasteiger partial charge >= 0.3 is 5.97 Å². The number of H-pyrrole nitrogens is 1. The van der Waals surface area contributed by atoms with Gasteiger partial charge in [0.15, 0.2) is 0 Å². The SMILES string of the molecule is CCOC(=O)C1CCN(c2nc[nH]c(=O)c2I)CC1. The average molecular weight is 377 g/mol. The fourth-order valence-corrected chi connectivity index (χ4v) is 2.82. The first-order valence-electron chi connectivity index (χ1n) is 6.28. The molecular weight excluding hydrogens is 361 g/mol. The van der Waals surface area contributed by atoms with Crippen molar-refractivity contribution in [1.82, 2.24) is 9.97 Å². The summed E-state index contributed by atoms with van der Waals surface area (Å²) < 4.78 is 5.63. The number of ether oxygens (including phenoxy) is 1. The molecule has 1 aliphatic rings. The maximum absolute atomic E-state index is 11.6. The normalized spacial score (nSPS) is 16.4. The second kappa shape index (κ2) is 6.36. The number of carbonyl (C=O) groups is 1. The molecule has 1 aromatic heterocycles. The molecular formula is C12H16IN3O3. The second-order valence-corrected chi connectivity index (χ2v) is 5.46. The number of hydrogen-bond acceptors (Lipinski definition) is 5. The Morgan fingerprint density at radius 1 is 1.58 bits per heavy atom. The number of aromatic nitrogens is 2. The highest BCUT2D eigenvalue weighted by Crippen LogP contribution is 2.24. The van der Waals surface area contributed by atoms with Gasteiger partial charge in [-0.2, -0.15) is 0 Å². The molecule has 2 rings (SSSR count). The van der Waals surface area contributed by atoms with Gasteiger partial charge in [0.25, 0.3) is 5.56 Å². The van der Waals surface area contributed by atoms with E-state index in [4.69, 9.17) is 4.74 Å². The highest BCUT2D eigenvalue weighted by Gasteiger charge is 2.27. The molecule has 0 radical (unpaired) electrons. The molecule has 0 saturated carbocycles. The fraction of sp³-hybridized carbons (Fsp3) is 0.583. The van der Waals surface area contributed by atoms with E-state index in [9.17, 15) is 9.59 Å². The topological polar surface area (TPSA) is 75.3 Å². The van der Waals surface area contributed by atoms with Gasteiger partial charge in [0.05, 0.1) is 18.9 Å². The number of carbonyl (C=O) groups excluding carboxylic acids is 1. The van der Waals surface area contributed by atoms with Crippen molar-refractivity contribution in [3.63, 3.8) is 0 Å². The van der Waals surface area contributed by atoms with E-state index in [1.54, 1.807) is 0 Å². The summed E-state index contributed by atoms with van der Waals surface area (Å²) in [6.07, 6.45) is 2.89. The lowest BCUT2D eigenvalue weighted by atomic mass is 9.97. The van der Waals surface area contributed by atoms with E-state index in [2.05, 4.69) is 9.97 Å². The smallest absolute Gasteiger partial charge is 0.309 e. The zero-order valence-electron chi connectivity index (χ0n) is 10.7. The van der Waals surface area contributed by atoms with E-state index in [0.29, 0.717) is 16.0 Å². The monoisotopic (exact) mass is 377 g/mol. The highest BCUT2D eigenvalue weighted by atomic mass is 127. The van der Waals surface area contributed by atoms with Gasteiger partial charge in [0.1, 0.15) is 9.39 Å². The summed E-state index contributed by atoms with van der Waals surface area (Å²) >= 11 is 2.00. The zero-order chi connectivity index (χ0) is 13.8. The van der Waals surface area contributed by atoms with Crippen molar-refractivity contribution in [3.8, 4) is 0 Å². The van der Waals surface area contributed by atoms with Crippen LogP contribution in [0.15, 0.2) is 11.1 Å². The number of nitrogens with one attached hydrogen (secondary N) is 1. The van der Waals surface area contributed by atoms with Gasteiger partial charge in [-0.15, -0.1) is 0 Å². The first kappa shape index (κ1) is 14.3. The molecule has 0 bridgehead atoms. The minimum Gasteiger partial charge on any atom is -0.466 e. The number of rotatable bonds is 3. The van der Waals surface area contributed by atoms with Gasteiger partial charge in [-0.25, -0.2) is 4.98 Å². The molecule has 0 spiro atoms. The first-order chi connectivity index (χ1) is 9.13. The van der Waals surface area contributed by atoms with E-state index in [1.807, 2.05) is 34.4 Å². The van der Waals surface area contributed by atoms with Crippen LogP contribution in [0.4, 0.5) is 5.82 Å². The quantitative estimate of drug-likeness (QED) is 0.632. The molecule has 0 atom stereocenters. The molecule has 19 heavy (non-hydrogen) atoms. The fourth-order valence-electron chi connectivity index (χ4n) is 2.18. The summed E-state index contributed by atoms with van der Waals surface area (Å²) in [5.41, 5.74) is -0.127. The van der Waals surface area contributed by atoms with E-state index in [1.165, 1.54) is 6.33 Å². The lowest BCUT2D eigenvalue weighted by molar-refractivity contribution is -0.148. The summed E-state index contributed by atoms with van der Waals surface area (Å²) in [7, 11) is 0. The Bertz CT molecular complexity index is 509. The number of nitrogens with zero attached hydrogens (tertiary/aromatic N) is 2. The Balaban J connectivity index is 2.02. The largest absolute Gasteiger partial charge is 0.466 e. The van der Waals surface area contributed by atoms with E-state index in [-0.39, 0.29) is 17.4 Å². The van der Waals surface area contributed by atoms with E-state index < -0.39 is 0 Å². The lowest BCUT2D eigenvalue weighted by Gasteiger charge is -2.31. The van der Waals surface area contributed by atoms with E-state index >= 15 is 0 Å². The molecule has 0 aromatic carbocycles. The molecule has 0 aliphatic carbocycles. The molecule has 1 N–H and O–H groups in total. The molecule has 1 saturated heterocycles. The summed E-state index contributed by atoms with van der Waals surface area (Å²) in [6.45, 7) is 3.67. The molecule has 104 valence electrons. The molecule has 6 nitrogen and oxygen atoms in total. The minimum absolute atomic E-state index is 0.0316. The Hall–Kier alpha value is -1.12. The molecule has 1 aliphatic heterocycles. The maximum atomic E-state index is 11.6. The summed E-state index contributed by atoms with van der Waals surface area (Å²) in [5, 5.41) is 0. The van der Waals surface area contributed by atoms with Gasteiger partial charge in [-0.3, -0.25) is 9.59 Å². The average Bonchev–Trinajstić information content (AvgIpc) is 2.42. The molecule has 0 amide bonds. The van der Waals surface area contributed by atoms with Crippen LogP contribution < -0.4 is 10.5 Å². The van der Waals surface area contributed by atoms with Gasteiger partial charge in [0.2, 0.25) is 0 Å². The Labute approximate surface area is 124 Å². The second-order valence-electron chi connectivity index (χ2n) is 4.38. The van der Waals surface area contributed by atoms with Crippen LogP contribution >= 0.6 is 22.6 Å². The lowest BCUT2D eigenvalue weighted by Crippen LogP contribution is -2.38. The van der Waals surface area contributed by atoms with E-state index in [0.717, 1.165) is 25.9 Å². The van der Waals surface area contributed by atoms with Crippen LogP contribution in [-0.2, 0) is 9.53 Å². The van der Waals surface area contributed by atoms with Gasteiger partial charge in [-0.1, -0.05) is 0 Å². The number of halogens is 1. The maximum Gasteiger partial charge on any atom is 0.309 e. The van der Waals surface area contributed by atoms with Crippen molar-refractivity contribution in [2.45, 2.75) is 19.8 Å². The van der Waals surface area contributed by atoms with Crippen LogP contribution in [0.2, 0.25) is 0 Å². The zero-order valence-corrected chi connectivity index (χ0v) is 12.8. The third-order valence-electron chi connectivity index (χ3n) is 3.19.